The van der Waals surface area contributed by atoms with Gasteiger partial charge in [-0.1, -0.05) is 60.3 Å². The summed E-state index contributed by atoms with van der Waals surface area (Å²) in [6.45, 7) is 0. The summed E-state index contributed by atoms with van der Waals surface area (Å²) >= 11 is 1.25. The Morgan fingerprint density at radius 2 is 1.70 bits per heavy atom. The predicted octanol–water partition coefficient (Wildman–Crippen LogP) is 3.65. The number of aromatic nitrogens is 1. The Morgan fingerprint density at radius 1 is 1.00 bits per heavy atom. The fourth-order valence-electron chi connectivity index (χ4n) is 2.75. The first-order chi connectivity index (χ1) is 14.4. The number of carbonyl (C=O) groups is 1. The zero-order valence-corrected chi connectivity index (χ0v) is 18.4. The van der Waals surface area contributed by atoms with E-state index in [0.29, 0.717) is 5.03 Å². The molecular formula is C22H23N3O3S2. The smallest absolute Gasteiger partial charge is 0.244 e. The highest BCUT2D eigenvalue weighted by Crippen LogP contribution is 2.21. The molecule has 0 aliphatic rings. The van der Waals surface area contributed by atoms with Crippen LogP contribution >= 0.6 is 11.8 Å². The number of sulfonamides is 1. The maximum atomic E-state index is 12.4. The van der Waals surface area contributed by atoms with Crippen molar-refractivity contribution in [2.24, 2.45) is 0 Å². The van der Waals surface area contributed by atoms with Crippen LogP contribution in [0.15, 0.2) is 82.8 Å². The summed E-state index contributed by atoms with van der Waals surface area (Å²) in [7, 11) is -0.574. The fraction of sp³-hybridized carbons (Fsp3) is 0.182. The Balaban J connectivity index is 1.60. The number of rotatable bonds is 8. The second-order valence-corrected chi connectivity index (χ2v) is 9.92. The van der Waals surface area contributed by atoms with Crippen LogP contribution in [0.1, 0.15) is 11.1 Å². The molecule has 3 rings (SSSR count). The van der Waals surface area contributed by atoms with Crippen molar-refractivity contribution >= 4 is 33.4 Å². The Hall–Kier alpha value is -2.68. The van der Waals surface area contributed by atoms with Crippen LogP contribution in [0.4, 0.5) is 5.69 Å². The van der Waals surface area contributed by atoms with E-state index in [9.17, 15) is 13.2 Å². The fourth-order valence-corrected chi connectivity index (χ4v) is 4.24. The second-order valence-electron chi connectivity index (χ2n) is 6.78. The average molecular weight is 442 g/mol. The van der Waals surface area contributed by atoms with Crippen molar-refractivity contribution in [3.05, 3.63) is 84.1 Å². The van der Waals surface area contributed by atoms with Crippen molar-refractivity contribution in [2.45, 2.75) is 16.3 Å². The number of hydrogen-bond donors (Lipinski definition) is 1. The third-order valence-electron chi connectivity index (χ3n) is 4.37. The molecule has 0 spiro atoms. The second kappa shape index (κ2) is 9.88. The van der Waals surface area contributed by atoms with E-state index in [2.05, 4.69) is 22.4 Å². The molecule has 2 aromatic carbocycles. The first kappa shape index (κ1) is 22.0. The molecule has 1 heterocycles. The molecule has 0 unspecified atom stereocenters. The van der Waals surface area contributed by atoms with Crippen molar-refractivity contribution in [1.29, 1.82) is 0 Å². The van der Waals surface area contributed by atoms with E-state index in [4.69, 9.17) is 0 Å². The van der Waals surface area contributed by atoms with Crippen LogP contribution in [0, 0.1) is 0 Å². The lowest BCUT2D eigenvalue weighted by Gasteiger charge is -2.12. The molecule has 0 bridgehead atoms. The van der Waals surface area contributed by atoms with Gasteiger partial charge in [0.2, 0.25) is 15.9 Å². The number of para-hydroxylation sites is 1. The summed E-state index contributed by atoms with van der Waals surface area (Å²) in [5, 5.41) is 3.55. The molecule has 30 heavy (non-hydrogen) atoms. The molecule has 0 saturated heterocycles. The van der Waals surface area contributed by atoms with E-state index < -0.39 is 10.0 Å². The first-order valence-electron chi connectivity index (χ1n) is 9.29. The molecule has 0 fully saturated rings. The minimum Gasteiger partial charge on any atom is -0.325 e. The normalized spacial score (nSPS) is 11.4. The molecule has 1 amide bonds. The number of carbonyl (C=O) groups excluding carboxylic acids is 1. The van der Waals surface area contributed by atoms with E-state index in [1.165, 1.54) is 43.7 Å². The molecule has 0 radical (unpaired) electrons. The summed E-state index contributed by atoms with van der Waals surface area (Å²) in [6.07, 6.45) is 2.04. The molecule has 3 aromatic rings. The van der Waals surface area contributed by atoms with E-state index in [-0.39, 0.29) is 16.6 Å². The molecular weight excluding hydrogens is 418 g/mol. The van der Waals surface area contributed by atoms with Gasteiger partial charge in [0.1, 0.15) is 4.90 Å². The molecule has 0 saturated carbocycles. The quantitative estimate of drug-likeness (QED) is 0.540. The number of amides is 1. The van der Waals surface area contributed by atoms with E-state index >= 15 is 0 Å². The summed E-state index contributed by atoms with van der Waals surface area (Å²) in [5.41, 5.74) is 3.00. The van der Waals surface area contributed by atoms with Crippen molar-refractivity contribution < 1.29 is 13.2 Å². The molecule has 1 N–H and O–H groups in total. The van der Waals surface area contributed by atoms with Crippen LogP contribution in [0.2, 0.25) is 0 Å². The highest BCUT2D eigenvalue weighted by Gasteiger charge is 2.17. The third kappa shape index (κ3) is 5.69. The zero-order valence-electron chi connectivity index (χ0n) is 16.8. The lowest BCUT2D eigenvalue weighted by molar-refractivity contribution is -0.113. The summed E-state index contributed by atoms with van der Waals surface area (Å²) in [4.78, 5) is 16.7. The van der Waals surface area contributed by atoms with Crippen LogP contribution in [0.5, 0.6) is 0 Å². The van der Waals surface area contributed by atoms with Gasteiger partial charge >= 0.3 is 0 Å². The van der Waals surface area contributed by atoms with Gasteiger partial charge in [-0.3, -0.25) is 4.79 Å². The maximum absolute atomic E-state index is 12.4. The molecule has 6 nitrogen and oxygen atoms in total. The summed E-state index contributed by atoms with van der Waals surface area (Å²) < 4.78 is 25.3. The van der Waals surface area contributed by atoms with Crippen LogP contribution in [0.3, 0.4) is 0 Å². The summed E-state index contributed by atoms with van der Waals surface area (Å²) in [5.74, 6) is 0.0270. The lowest BCUT2D eigenvalue weighted by atomic mass is 10.0. The third-order valence-corrected chi connectivity index (χ3v) is 7.11. The van der Waals surface area contributed by atoms with Crippen molar-refractivity contribution in [1.82, 2.24) is 9.29 Å². The van der Waals surface area contributed by atoms with Gasteiger partial charge in [0.15, 0.2) is 0 Å². The van der Waals surface area contributed by atoms with Gasteiger partial charge < -0.3 is 5.32 Å². The van der Waals surface area contributed by atoms with E-state index in [1.54, 1.807) is 6.07 Å². The van der Waals surface area contributed by atoms with Gasteiger partial charge in [0.25, 0.3) is 0 Å². The standard InChI is InChI=1S/C22H23N3O3S2/c1-25(2)30(27,28)19-12-13-22(23-15-19)29-16-21(26)24-20-11-7-6-10-18(20)14-17-8-4-3-5-9-17/h3-13,15H,14,16H2,1-2H3,(H,24,26). The van der Waals surface area contributed by atoms with Crippen LogP contribution in [0.25, 0.3) is 0 Å². The van der Waals surface area contributed by atoms with Gasteiger partial charge in [-0.2, -0.15) is 0 Å². The molecule has 8 heteroatoms. The predicted molar refractivity (Wildman–Crippen MR) is 120 cm³/mol. The molecule has 156 valence electrons. The van der Waals surface area contributed by atoms with Crippen molar-refractivity contribution in [2.75, 3.05) is 25.2 Å². The average Bonchev–Trinajstić information content (AvgIpc) is 2.74. The Bertz CT molecular complexity index is 1100. The number of nitrogens with zero attached hydrogens (tertiary/aromatic N) is 2. The Morgan fingerprint density at radius 3 is 2.37 bits per heavy atom. The van der Waals surface area contributed by atoms with Crippen LogP contribution in [-0.4, -0.2) is 43.5 Å². The van der Waals surface area contributed by atoms with Gasteiger partial charge in [-0.15, -0.1) is 0 Å². The van der Waals surface area contributed by atoms with E-state index in [1.807, 2.05) is 42.5 Å². The van der Waals surface area contributed by atoms with Crippen LogP contribution < -0.4 is 5.32 Å². The highest BCUT2D eigenvalue weighted by atomic mass is 32.2. The molecule has 0 aliphatic carbocycles. The van der Waals surface area contributed by atoms with Gasteiger partial charge in [0, 0.05) is 26.0 Å². The minimum atomic E-state index is -3.51. The van der Waals surface area contributed by atoms with Gasteiger partial charge in [-0.25, -0.2) is 17.7 Å². The highest BCUT2D eigenvalue weighted by molar-refractivity contribution is 7.99. The number of hydrogen-bond acceptors (Lipinski definition) is 5. The van der Waals surface area contributed by atoms with Gasteiger partial charge in [-0.05, 0) is 35.7 Å². The molecule has 0 atom stereocenters. The first-order valence-corrected chi connectivity index (χ1v) is 11.7. The summed E-state index contributed by atoms with van der Waals surface area (Å²) in [6, 6.07) is 20.9. The monoisotopic (exact) mass is 441 g/mol. The molecule has 0 aliphatic heterocycles. The van der Waals surface area contributed by atoms with Crippen molar-refractivity contribution in [3.63, 3.8) is 0 Å². The number of anilines is 1. The van der Waals surface area contributed by atoms with Crippen molar-refractivity contribution in [3.8, 4) is 0 Å². The van der Waals surface area contributed by atoms with Crippen LogP contribution in [-0.2, 0) is 21.2 Å². The number of benzene rings is 2. The zero-order chi connectivity index (χ0) is 21.6. The lowest BCUT2D eigenvalue weighted by Crippen LogP contribution is -2.22. The topological polar surface area (TPSA) is 79.4 Å². The minimum absolute atomic E-state index is 0.121. The number of thioether (sulfide) groups is 1. The van der Waals surface area contributed by atoms with Gasteiger partial charge in [0.05, 0.1) is 10.8 Å². The number of nitrogens with one attached hydrogen (secondary N) is 1. The largest absolute Gasteiger partial charge is 0.325 e. The molecule has 1 aromatic heterocycles. The SMILES string of the molecule is CN(C)S(=O)(=O)c1ccc(SCC(=O)Nc2ccccc2Cc2ccccc2)nc1. The Labute approximate surface area is 181 Å². The number of pyridine rings is 1. The maximum Gasteiger partial charge on any atom is 0.244 e. The Kier molecular flexibility index (Phi) is 7.25. The van der Waals surface area contributed by atoms with E-state index in [0.717, 1.165) is 22.0 Å².